The van der Waals surface area contributed by atoms with Gasteiger partial charge < -0.3 is 23.9 Å². The number of halogens is 2. The van der Waals surface area contributed by atoms with Crippen LogP contribution in [0.2, 0.25) is 0 Å². The number of hydrogen-bond acceptors (Lipinski definition) is 10. The van der Waals surface area contributed by atoms with Gasteiger partial charge in [-0.3, -0.25) is 4.90 Å². The maximum atomic E-state index is 14.5. The Morgan fingerprint density at radius 1 is 1.12 bits per heavy atom. The summed E-state index contributed by atoms with van der Waals surface area (Å²) >= 11 is -2.28. The molecule has 2 fully saturated rings. The number of anilines is 2. The van der Waals surface area contributed by atoms with Gasteiger partial charge in [0.05, 0.1) is 35.9 Å². The smallest absolute Gasteiger partial charge is 0.241 e. The third-order valence-electron chi connectivity index (χ3n) is 7.23. The summed E-state index contributed by atoms with van der Waals surface area (Å²) < 4.78 is 65.8. The van der Waals surface area contributed by atoms with E-state index in [0.717, 1.165) is 6.07 Å². The van der Waals surface area contributed by atoms with Crippen LogP contribution in [0.25, 0.3) is 11.4 Å². The normalized spacial score (nSPS) is 21.4. The van der Waals surface area contributed by atoms with Crippen molar-refractivity contribution in [2.45, 2.75) is 49.4 Å². The van der Waals surface area contributed by atoms with Gasteiger partial charge in [0.15, 0.2) is 11.1 Å². The van der Waals surface area contributed by atoms with E-state index in [1.54, 1.807) is 19.1 Å². The zero-order chi connectivity index (χ0) is 28.5. The van der Waals surface area contributed by atoms with Crippen LogP contribution >= 0.6 is 0 Å². The molecule has 4 heterocycles. The van der Waals surface area contributed by atoms with E-state index in [0.29, 0.717) is 67.1 Å². The fourth-order valence-electron chi connectivity index (χ4n) is 5.16. The van der Waals surface area contributed by atoms with Crippen LogP contribution in [0.3, 0.4) is 0 Å². The van der Waals surface area contributed by atoms with E-state index in [4.69, 9.17) is 14.0 Å². The number of hydrogen-bond donors (Lipinski definition) is 2. The number of piperidine rings is 1. The summed E-state index contributed by atoms with van der Waals surface area (Å²) in [6.07, 6.45) is 2.55. The molecular formula is C27H26F2N6O5S. The second kappa shape index (κ2) is 11.6. The Kier molecular flexibility index (Phi) is 7.71. The van der Waals surface area contributed by atoms with Gasteiger partial charge in [-0.1, -0.05) is 5.16 Å². The van der Waals surface area contributed by atoms with Gasteiger partial charge in [-0.2, -0.15) is 4.98 Å². The van der Waals surface area contributed by atoms with Gasteiger partial charge in [0, 0.05) is 30.5 Å². The molecule has 2 aliphatic rings. The standard InChI is InChI=1S/C27H26F2N6O5S/c1-15-25(32-23-7-6-21(41(36)37)10-22(23)29)30-14-31-27(15)39-20-8-18-12-38-13-19(9-20)35(18)11-24-33-26(34-40-24)16-2-4-17(28)5-3-16/h2-7,10,14,18-20H,8-9,11-13H2,1H3,(H,36,37)(H,30,31,32). The van der Waals surface area contributed by atoms with Crippen molar-refractivity contribution < 1.29 is 31.5 Å². The number of benzene rings is 2. The quantitative estimate of drug-likeness (QED) is 0.288. The summed E-state index contributed by atoms with van der Waals surface area (Å²) in [6, 6.07) is 9.78. The molecular weight excluding hydrogens is 558 g/mol. The number of nitrogens with one attached hydrogen (secondary N) is 1. The lowest BCUT2D eigenvalue weighted by Crippen LogP contribution is -2.58. The molecule has 41 heavy (non-hydrogen) atoms. The highest BCUT2D eigenvalue weighted by Crippen LogP contribution is 2.33. The number of ether oxygens (including phenoxy) is 2. The van der Waals surface area contributed by atoms with Crippen molar-refractivity contribution in [1.82, 2.24) is 25.0 Å². The minimum absolute atomic E-state index is 0.0373. The van der Waals surface area contributed by atoms with E-state index in [1.807, 2.05) is 0 Å². The summed E-state index contributed by atoms with van der Waals surface area (Å²) in [6.45, 7) is 3.28. The SMILES string of the molecule is Cc1c(Nc2ccc(S(=O)O)cc2F)ncnc1OC1CC2COCC(C1)N2Cc1nc(-c2ccc(F)cc2)no1. The molecule has 2 aromatic carbocycles. The Labute approximate surface area is 236 Å². The Bertz CT molecular complexity index is 1560. The maximum absolute atomic E-state index is 14.5. The number of rotatable bonds is 8. The zero-order valence-corrected chi connectivity index (χ0v) is 22.7. The molecule has 0 aliphatic carbocycles. The molecule has 3 unspecified atom stereocenters. The maximum Gasteiger partial charge on any atom is 0.241 e. The topological polar surface area (TPSA) is 136 Å². The van der Waals surface area contributed by atoms with Gasteiger partial charge in [-0.15, -0.1) is 0 Å². The van der Waals surface area contributed by atoms with Crippen LogP contribution in [0.4, 0.5) is 20.3 Å². The van der Waals surface area contributed by atoms with Crippen molar-refractivity contribution in [2.24, 2.45) is 0 Å². The van der Waals surface area contributed by atoms with E-state index in [9.17, 15) is 17.5 Å². The fraction of sp³-hybridized carbons (Fsp3) is 0.333. The molecule has 11 nitrogen and oxygen atoms in total. The molecule has 2 aromatic heterocycles. The highest BCUT2D eigenvalue weighted by atomic mass is 32.2. The average molecular weight is 585 g/mol. The minimum atomic E-state index is -2.28. The Hall–Kier alpha value is -3.85. The van der Waals surface area contributed by atoms with Gasteiger partial charge in [0.2, 0.25) is 17.6 Å². The molecule has 6 rings (SSSR count). The Morgan fingerprint density at radius 3 is 2.59 bits per heavy atom. The predicted octanol–water partition coefficient (Wildman–Crippen LogP) is 4.25. The first kappa shape index (κ1) is 27.3. The molecule has 214 valence electrons. The van der Waals surface area contributed by atoms with Crippen molar-refractivity contribution in [3.05, 3.63) is 71.9 Å². The monoisotopic (exact) mass is 584 g/mol. The number of nitrogens with zero attached hydrogens (tertiary/aromatic N) is 5. The molecule has 2 bridgehead atoms. The molecule has 0 radical (unpaired) electrons. The van der Waals surface area contributed by atoms with Crippen LogP contribution in [0, 0.1) is 18.6 Å². The number of aromatic nitrogens is 4. The predicted molar refractivity (Wildman–Crippen MR) is 143 cm³/mol. The molecule has 4 aromatic rings. The van der Waals surface area contributed by atoms with Crippen molar-refractivity contribution in [3.63, 3.8) is 0 Å². The van der Waals surface area contributed by atoms with E-state index < -0.39 is 16.9 Å². The van der Waals surface area contributed by atoms with Crippen molar-refractivity contribution >= 4 is 22.6 Å². The van der Waals surface area contributed by atoms with Crippen LogP contribution in [0.1, 0.15) is 24.3 Å². The largest absolute Gasteiger partial charge is 0.474 e. The number of fused-ring (bicyclic) bond motifs is 2. The van der Waals surface area contributed by atoms with Crippen LogP contribution in [0.15, 0.2) is 58.2 Å². The third-order valence-corrected chi connectivity index (χ3v) is 7.89. The molecule has 0 spiro atoms. The van der Waals surface area contributed by atoms with Gasteiger partial charge >= 0.3 is 0 Å². The summed E-state index contributed by atoms with van der Waals surface area (Å²) in [5.74, 6) is 0.602. The van der Waals surface area contributed by atoms with Crippen LogP contribution in [-0.2, 0) is 22.4 Å². The minimum Gasteiger partial charge on any atom is -0.474 e. The van der Waals surface area contributed by atoms with Crippen LogP contribution in [-0.4, -0.2) is 65.2 Å². The van der Waals surface area contributed by atoms with Gasteiger partial charge in [-0.25, -0.2) is 23.0 Å². The second-order valence-electron chi connectivity index (χ2n) is 9.92. The van der Waals surface area contributed by atoms with E-state index in [1.165, 1.54) is 30.6 Å². The van der Waals surface area contributed by atoms with E-state index >= 15 is 0 Å². The molecule has 0 amide bonds. The molecule has 0 saturated carbocycles. The first-order valence-electron chi connectivity index (χ1n) is 12.9. The zero-order valence-electron chi connectivity index (χ0n) is 21.9. The lowest BCUT2D eigenvalue weighted by Gasteiger charge is -2.47. The highest BCUT2D eigenvalue weighted by Gasteiger charge is 2.41. The average Bonchev–Trinajstić information content (AvgIpc) is 3.41. The first-order chi connectivity index (χ1) is 19.8. The van der Waals surface area contributed by atoms with E-state index in [-0.39, 0.29) is 34.6 Å². The first-order valence-corrected chi connectivity index (χ1v) is 14.0. The van der Waals surface area contributed by atoms with Gasteiger partial charge in [0.25, 0.3) is 0 Å². The third kappa shape index (κ3) is 5.95. The number of morpholine rings is 1. The summed E-state index contributed by atoms with van der Waals surface area (Å²) in [4.78, 5) is 15.3. The van der Waals surface area contributed by atoms with Crippen molar-refractivity contribution in [3.8, 4) is 17.3 Å². The van der Waals surface area contributed by atoms with Crippen molar-refractivity contribution in [1.29, 1.82) is 0 Å². The molecule has 14 heteroatoms. The molecule has 2 saturated heterocycles. The molecule has 2 aliphatic heterocycles. The lowest BCUT2D eigenvalue weighted by molar-refractivity contribution is -0.107. The second-order valence-corrected chi connectivity index (χ2v) is 10.9. The van der Waals surface area contributed by atoms with E-state index in [2.05, 4.69) is 30.3 Å². The molecule has 3 atom stereocenters. The van der Waals surface area contributed by atoms with Crippen molar-refractivity contribution in [2.75, 3.05) is 18.5 Å². The van der Waals surface area contributed by atoms with Crippen LogP contribution < -0.4 is 10.1 Å². The van der Waals surface area contributed by atoms with Gasteiger partial charge in [-0.05, 0) is 49.4 Å². The van der Waals surface area contributed by atoms with Gasteiger partial charge in [0.1, 0.15) is 29.9 Å². The highest BCUT2D eigenvalue weighted by molar-refractivity contribution is 7.79. The summed E-state index contributed by atoms with van der Waals surface area (Å²) in [7, 11) is 0. The summed E-state index contributed by atoms with van der Waals surface area (Å²) in [5, 5.41) is 6.97. The Morgan fingerprint density at radius 2 is 1.88 bits per heavy atom. The fourth-order valence-corrected chi connectivity index (χ4v) is 5.54. The van der Waals surface area contributed by atoms with Crippen LogP contribution in [0.5, 0.6) is 5.88 Å². The lowest BCUT2D eigenvalue weighted by atomic mass is 9.91. The Balaban J connectivity index is 1.12. The molecule has 2 N–H and O–H groups in total. The summed E-state index contributed by atoms with van der Waals surface area (Å²) in [5.41, 5.74) is 1.38.